The van der Waals surface area contributed by atoms with Gasteiger partial charge in [-0.2, -0.15) is 10.4 Å². The van der Waals surface area contributed by atoms with Gasteiger partial charge >= 0.3 is 0 Å². The zero-order chi connectivity index (χ0) is 19.8. The summed E-state index contributed by atoms with van der Waals surface area (Å²) in [5.74, 6) is 0.309. The molecule has 0 saturated heterocycles. The summed E-state index contributed by atoms with van der Waals surface area (Å²) in [6.45, 7) is 0.289. The topological polar surface area (TPSA) is 87.4 Å². The molecule has 0 aliphatic heterocycles. The molecule has 0 radical (unpaired) electrons. The van der Waals surface area contributed by atoms with E-state index in [1.807, 2.05) is 30.3 Å². The zero-order valence-corrected chi connectivity index (χ0v) is 16.3. The van der Waals surface area contributed by atoms with Crippen LogP contribution in [0.4, 0.5) is 0 Å². The molecule has 7 heteroatoms. The molecule has 0 unspecified atom stereocenters. The molecule has 1 N–H and O–H groups in total. The summed E-state index contributed by atoms with van der Waals surface area (Å²) in [6, 6.07) is 18.2. The Kier molecular flexibility index (Phi) is 6.50. The number of carbonyl (C=O) groups excluding carboxylic acids is 1. The number of benzene rings is 2. The van der Waals surface area contributed by atoms with Crippen LogP contribution >= 0.6 is 15.9 Å². The van der Waals surface area contributed by atoms with Gasteiger partial charge in [0, 0.05) is 18.0 Å². The Bertz CT molecular complexity index is 1050. The second-order valence-electron chi connectivity index (χ2n) is 5.69. The molecule has 0 saturated carbocycles. The Hall–Kier alpha value is -3.50. The molecule has 0 atom stereocenters. The maximum absolute atomic E-state index is 11.9. The third-order valence-electron chi connectivity index (χ3n) is 3.78. The molecule has 0 aliphatic rings. The minimum Gasteiger partial charge on any atom is -0.488 e. The van der Waals surface area contributed by atoms with Crippen molar-refractivity contribution in [2.45, 2.75) is 6.61 Å². The summed E-state index contributed by atoms with van der Waals surface area (Å²) < 4.78 is 6.54. The van der Waals surface area contributed by atoms with Crippen molar-refractivity contribution < 1.29 is 9.53 Å². The molecule has 1 heterocycles. The van der Waals surface area contributed by atoms with E-state index < -0.39 is 0 Å². The molecule has 1 amide bonds. The van der Waals surface area contributed by atoms with E-state index in [1.165, 1.54) is 12.4 Å². The highest BCUT2D eigenvalue weighted by molar-refractivity contribution is 9.10. The van der Waals surface area contributed by atoms with E-state index in [9.17, 15) is 4.79 Å². The fraction of sp³-hybridized carbons (Fsp3) is 0.0476. The Morgan fingerprint density at radius 2 is 2.11 bits per heavy atom. The molecule has 1 aromatic heterocycles. The Labute approximate surface area is 170 Å². The molecule has 0 bridgehead atoms. The number of nitrogens with one attached hydrogen (secondary N) is 1. The summed E-state index contributed by atoms with van der Waals surface area (Å²) in [5, 5.41) is 13.1. The van der Waals surface area contributed by atoms with Gasteiger partial charge in [0.25, 0.3) is 5.91 Å². The first-order valence-corrected chi connectivity index (χ1v) is 9.10. The highest BCUT2D eigenvalue weighted by Gasteiger charge is 2.06. The molecule has 0 spiro atoms. The first kappa shape index (κ1) is 19.3. The standard InChI is InChI=1S/C21H15BrN4O2/c22-19-10-15(12-25-26-21(27)17-6-3-9-24-13-17)7-8-20(19)28-14-18-5-2-1-4-16(18)11-23/h1-10,12-13H,14H2,(H,26,27)/b25-12+. The predicted molar refractivity (Wildman–Crippen MR) is 109 cm³/mol. The SMILES string of the molecule is N#Cc1ccccc1COc1ccc(/C=N/NC(=O)c2cccnc2)cc1Br. The Balaban J connectivity index is 1.61. The normalized spacial score (nSPS) is 10.4. The molecule has 28 heavy (non-hydrogen) atoms. The van der Waals surface area contributed by atoms with Crippen molar-refractivity contribution >= 4 is 28.1 Å². The number of nitriles is 1. The minimum absolute atomic E-state index is 0.289. The van der Waals surface area contributed by atoms with Crippen molar-refractivity contribution in [2.24, 2.45) is 5.10 Å². The molecule has 3 rings (SSSR count). The van der Waals surface area contributed by atoms with Gasteiger partial charge in [0.1, 0.15) is 12.4 Å². The molecule has 6 nitrogen and oxygen atoms in total. The molecule has 3 aromatic rings. The maximum atomic E-state index is 11.9. The lowest BCUT2D eigenvalue weighted by atomic mass is 10.1. The number of carbonyl (C=O) groups is 1. The smallest absolute Gasteiger partial charge is 0.272 e. The van der Waals surface area contributed by atoms with Crippen molar-refractivity contribution in [3.63, 3.8) is 0 Å². The number of pyridine rings is 1. The number of hydrogen-bond acceptors (Lipinski definition) is 5. The highest BCUT2D eigenvalue weighted by atomic mass is 79.9. The molecule has 0 fully saturated rings. The van der Waals surface area contributed by atoms with E-state index in [0.717, 1.165) is 15.6 Å². The molecular formula is C21H15BrN4O2. The Morgan fingerprint density at radius 3 is 2.86 bits per heavy atom. The molecule has 138 valence electrons. The summed E-state index contributed by atoms with van der Waals surface area (Å²) >= 11 is 3.47. The number of ether oxygens (including phenoxy) is 1. The predicted octanol–water partition coefficient (Wildman–Crippen LogP) is 4.06. The van der Waals surface area contributed by atoms with Crippen LogP contribution in [0.1, 0.15) is 27.0 Å². The van der Waals surface area contributed by atoms with Crippen LogP contribution in [0, 0.1) is 11.3 Å². The van der Waals surface area contributed by atoms with Crippen molar-refractivity contribution in [2.75, 3.05) is 0 Å². The number of nitrogens with zero attached hydrogens (tertiary/aromatic N) is 3. The fourth-order valence-corrected chi connectivity index (χ4v) is 2.86. The summed E-state index contributed by atoms with van der Waals surface area (Å²) in [5.41, 5.74) is 5.08. The highest BCUT2D eigenvalue weighted by Crippen LogP contribution is 2.26. The van der Waals surface area contributed by atoms with E-state index in [-0.39, 0.29) is 12.5 Å². The largest absolute Gasteiger partial charge is 0.488 e. The van der Waals surface area contributed by atoms with Crippen molar-refractivity contribution in [3.05, 3.63) is 93.7 Å². The zero-order valence-electron chi connectivity index (χ0n) is 14.7. The van der Waals surface area contributed by atoms with Crippen LogP contribution < -0.4 is 10.2 Å². The van der Waals surface area contributed by atoms with Crippen molar-refractivity contribution in [1.82, 2.24) is 10.4 Å². The molecule has 2 aromatic carbocycles. The lowest BCUT2D eigenvalue weighted by molar-refractivity contribution is 0.0955. The van der Waals surface area contributed by atoms with Crippen molar-refractivity contribution in [3.8, 4) is 11.8 Å². The second-order valence-corrected chi connectivity index (χ2v) is 6.54. The maximum Gasteiger partial charge on any atom is 0.272 e. The van der Waals surface area contributed by atoms with Gasteiger partial charge in [-0.1, -0.05) is 18.2 Å². The van der Waals surface area contributed by atoms with E-state index in [4.69, 9.17) is 10.00 Å². The van der Waals surface area contributed by atoms with Crippen LogP contribution in [0.3, 0.4) is 0 Å². The number of hydrogen-bond donors (Lipinski definition) is 1. The van der Waals surface area contributed by atoms with Gasteiger partial charge in [-0.05, 0) is 57.9 Å². The minimum atomic E-state index is -0.334. The number of aromatic nitrogens is 1. The third-order valence-corrected chi connectivity index (χ3v) is 4.40. The van der Waals surface area contributed by atoms with E-state index in [2.05, 4.69) is 37.5 Å². The third kappa shape index (κ3) is 5.02. The summed E-state index contributed by atoms with van der Waals surface area (Å²) in [6.07, 6.45) is 4.60. The lowest BCUT2D eigenvalue weighted by Gasteiger charge is -2.10. The van der Waals surface area contributed by atoms with Crippen LogP contribution in [0.5, 0.6) is 5.75 Å². The summed E-state index contributed by atoms with van der Waals surface area (Å²) in [7, 11) is 0. The van der Waals surface area contributed by atoms with Crippen LogP contribution in [0.25, 0.3) is 0 Å². The van der Waals surface area contributed by atoms with Gasteiger partial charge in [0.05, 0.1) is 27.9 Å². The van der Waals surface area contributed by atoms with E-state index in [1.54, 1.807) is 30.5 Å². The van der Waals surface area contributed by atoms with Gasteiger partial charge in [0.2, 0.25) is 0 Å². The van der Waals surface area contributed by atoms with Crippen LogP contribution in [-0.4, -0.2) is 17.1 Å². The van der Waals surface area contributed by atoms with Gasteiger partial charge in [0.15, 0.2) is 0 Å². The van der Waals surface area contributed by atoms with Gasteiger partial charge in [-0.3, -0.25) is 9.78 Å². The monoisotopic (exact) mass is 434 g/mol. The number of hydrazone groups is 1. The second kappa shape index (κ2) is 9.44. The van der Waals surface area contributed by atoms with Crippen LogP contribution in [-0.2, 0) is 6.61 Å². The summed E-state index contributed by atoms with van der Waals surface area (Å²) in [4.78, 5) is 15.8. The van der Waals surface area contributed by atoms with E-state index in [0.29, 0.717) is 16.9 Å². The van der Waals surface area contributed by atoms with Gasteiger partial charge in [-0.25, -0.2) is 5.43 Å². The number of amides is 1. The molecule has 0 aliphatic carbocycles. The number of rotatable bonds is 6. The first-order chi connectivity index (χ1) is 13.7. The van der Waals surface area contributed by atoms with Crippen LogP contribution in [0.15, 0.2) is 76.6 Å². The average Bonchev–Trinajstić information content (AvgIpc) is 2.74. The van der Waals surface area contributed by atoms with E-state index >= 15 is 0 Å². The quantitative estimate of drug-likeness (QED) is 0.467. The van der Waals surface area contributed by atoms with Gasteiger partial charge in [-0.15, -0.1) is 0 Å². The van der Waals surface area contributed by atoms with Crippen LogP contribution in [0.2, 0.25) is 0 Å². The molecular weight excluding hydrogens is 420 g/mol. The number of halogens is 1. The lowest BCUT2D eigenvalue weighted by Crippen LogP contribution is -2.17. The average molecular weight is 435 g/mol. The fourth-order valence-electron chi connectivity index (χ4n) is 2.35. The first-order valence-electron chi connectivity index (χ1n) is 8.31. The Morgan fingerprint density at radius 1 is 1.25 bits per heavy atom. The van der Waals surface area contributed by atoms with Crippen molar-refractivity contribution in [1.29, 1.82) is 5.26 Å². The van der Waals surface area contributed by atoms with Gasteiger partial charge < -0.3 is 4.74 Å².